The van der Waals surface area contributed by atoms with Crippen molar-refractivity contribution in [2.24, 2.45) is 0 Å². The summed E-state index contributed by atoms with van der Waals surface area (Å²) >= 11 is 1.24. The third-order valence-electron chi connectivity index (χ3n) is 3.83. The largest absolute Gasteiger partial charge is 0.323 e. The van der Waals surface area contributed by atoms with Crippen molar-refractivity contribution in [3.05, 3.63) is 77.5 Å². The Morgan fingerprint density at radius 1 is 1.20 bits per heavy atom. The Morgan fingerprint density at radius 2 is 2.00 bits per heavy atom. The van der Waals surface area contributed by atoms with Crippen LogP contribution in [0.1, 0.15) is 18.1 Å². The average Bonchev–Trinajstić information content (AvgIpc) is 2.58. The molecule has 0 saturated heterocycles. The third-order valence-corrected chi connectivity index (χ3v) is 4.73. The molecular formula is C20H18F2N2S. The zero-order valence-electron chi connectivity index (χ0n) is 14.1. The van der Waals surface area contributed by atoms with Gasteiger partial charge in [0.25, 0.3) is 0 Å². The van der Waals surface area contributed by atoms with Crippen LogP contribution in [0, 0.1) is 18.6 Å². The summed E-state index contributed by atoms with van der Waals surface area (Å²) in [5, 5.41) is 0.972. The Hall–Kier alpha value is -2.40. The van der Waals surface area contributed by atoms with Crippen LogP contribution in [0.25, 0.3) is 10.9 Å². The van der Waals surface area contributed by atoms with E-state index in [-0.39, 0.29) is 5.69 Å². The molecule has 0 amide bonds. The summed E-state index contributed by atoms with van der Waals surface area (Å²) in [5.74, 6) is -0.928. The number of nitrogens with zero attached hydrogens (tertiary/aromatic N) is 1. The number of allylic oxidation sites excluding steroid dienone is 1. The molecule has 0 aliphatic heterocycles. The Labute approximate surface area is 150 Å². The molecule has 0 unspecified atom stereocenters. The number of aromatic nitrogens is 1. The molecule has 0 fully saturated rings. The second-order valence-corrected chi connectivity index (χ2v) is 6.89. The molecule has 0 saturated carbocycles. The van der Waals surface area contributed by atoms with Crippen LogP contribution in [0.4, 0.5) is 14.5 Å². The number of fused-ring (bicyclic) bond motifs is 1. The summed E-state index contributed by atoms with van der Waals surface area (Å²) in [6, 6.07) is 10.1. The van der Waals surface area contributed by atoms with Crippen LogP contribution in [0.2, 0.25) is 0 Å². The van der Waals surface area contributed by atoms with Crippen LogP contribution >= 0.6 is 11.9 Å². The molecule has 128 valence electrons. The van der Waals surface area contributed by atoms with Crippen molar-refractivity contribution in [1.82, 2.24) is 4.98 Å². The van der Waals surface area contributed by atoms with Crippen LogP contribution in [-0.2, 0) is 6.42 Å². The van der Waals surface area contributed by atoms with Gasteiger partial charge < -0.3 is 4.72 Å². The van der Waals surface area contributed by atoms with Gasteiger partial charge in [0.05, 0.1) is 11.2 Å². The Balaban J connectivity index is 1.86. The molecule has 1 aromatic heterocycles. The normalized spacial score (nSPS) is 10.9. The molecule has 0 bridgehead atoms. The van der Waals surface area contributed by atoms with Crippen molar-refractivity contribution in [1.29, 1.82) is 0 Å². The zero-order chi connectivity index (χ0) is 18.0. The molecule has 0 aliphatic rings. The number of rotatable bonds is 5. The predicted octanol–water partition coefficient (Wildman–Crippen LogP) is 6.06. The van der Waals surface area contributed by atoms with Gasteiger partial charge in [-0.05, 0) is 61.5 Å². The van der Waals surface area contributed by atoms with Crippen LogP contribution in [0.15, 0.2) is 59.6 Å². The van der Waals surface area contributed by atoms with E-state index in [0.717, 1.165) is 26.9 Å². The fourth-order valence-electron chi connectivity index (χ4n) is 2.61. The summed E-state index contributed by atoms with van der Waals surface area (Å²) in [6.07, 6.45) is 2.07. The molecule has 5 heteroatoms. The third kappa shape index (κ3) is 3.82. The fourth-order valence-corrected chi connectivity index (χ4v) is 3.40. The van der Waals surface area contributed by atoms with Gasteiger partial charge in [-0.25, -0.2) is 8.78 Å². The number of halogens is 2. The smallest absolute Gasteiger partial charge is 0.147 e. The van der Waals surface area contributed by atoms with E-state index < -0.39 is 11.6 Å². The van der Waals surface area contributed by atoms with E-state index in [9.17, 15) is 8.78 Å². The molecule has 0 atom stereocenters. The van der Waals surface area contributed by atoms with Crippen LogP contribution in [-0.4, -0.2) is 4.98 Å². The van der Waals surface area contributed by atoms with Gasteiger partial charge in [0.15, 0.2) is 0 Å². The van der Waals surface area contributed by atoms with Crippen LogP contribution in [0.3, 0.4) is 0 Å². The first kappa shape index (κ1) is 17.4. The summed E-state index contributed by atoms with van der Waals surface area (Å²) < 4.78 is 31.3. The lowest BCUT2D eigenvalue weighted by molar-refractivity contribution is 0.592. The minimum atomic E-state index is -0.486. The minimum absolute atomic E-state index is 0.116. The lowest BCUT2D eigenvalue weighted by atomic mass is 10.1. The number of hydrogen-bond donors (Lipinski definition) is 1. The first-order valence-electron chi connectivity index (χ1n) is 7.85. The maximum atomic E-state index is 14.3. The van der Waals surface area contributed by atoms with E-state index in [2.05, 4.69) is 16.3 Å². The second kappa shape index (κ2) is 7.23. The molecule has 1 heterocycles. The van der Waals surface area contributed by atoms with Crippen LogP contribution in [0.5, 0.6) is 0 Å². The van der Waals surface area contributed by atoms with E-state index in [1.807, 2.05) is 31.2 Å². The van der Waals surface area contributed by atoms with Gasteiger partial charge in [-0.3, -0.25) is 4.98 Å². The standard InChI is InChI=1S/C20H18F2N2S/c1-12(2)9-14-10-17(22)18(11-16(14)21)24-25-19-7-6-13(3)20-15(19)5-4-8-23-20/h4-8,10-11,24H,1,9H2,2-3H3. The lowest BCUT2D eigenvalue weighted by Gasteiger charge is -2.12. The topological polar surface area (TPSA) is 24.9 Å². The summed E-state index contributed by atoms with van der Waals surface area (Å²) in [6.45, 7) is 7.52. The van der Waals surface area contributed by atoms with Gasteiger partial charge in [0.2, 0.25) is 0 Å². The Morgan fingerprint density at radius 3 is 2.76 bits per heavy atom. The van der Waals surface area contributed by atoms with Crippen LogP contribution < -0.4 is 4.72 Å². The molecule has 3 aromatic rings. The number of benzene rings is 2. The number of aryl methyl sites for hydroxylation is 1. The minimum Gasteiger partial charge on any atom is -0.323 e. The van der Waals surface area contributed by atoms with Crippen molar-refractivity contribution < 1.29 is 8.78 Å². The Kier molecular flexibility index (Phi) is 5.04. The SMILES string of the molecule is C=C(C)Cc1cc(F)c(NSc2ccc(C)c3ncccc23)cc1F. The highest BCUT2D eigenvalue weighted by molar-refractivity contribution is 8.00. The average molecular weight is 356 g/mol. The van der Waals surface area contributed by atoms with Gasteiger partial charge >= 0.3 is 0 Å². The highest BCUT2D eigenvalue weighted by atomic mass is 32.2. The molecule has 3 rings (SSSR count). The molecule has 0 radical (unpaired) electrons. The van der Waals surface area contributed by atoms with Gasteiger partial charge in [-0.1, -0.05) is 24.3 Å². The quantitative estimate of drug-likeness (QED) is 0.444. The summed E-state index contributed by atoms with van der Waals surface area (Å²) in [7, 11) is 0. The molecule has 25 heavy (non-hydrogen) atoms. The molecular weight excluding hydrogens is 338 g/mol. The van der Waals surface area contributed by atoms with Crippen molar-refractivity contribution in [3.8, 4) is 0 Å². The first-order valence-corrected chi connectivity index (χ1v) is 8.67. The number of pyridine rings is 1. The van der Waals surface area contributed by atoms with Gasteiger partial charge in [0, 0.05) is 22.5 Å². The summed E-state index contributed by atoms with van der Waals surface area (Å²) in [5.41, 5.74) is 3.18. The van der Waals surface area contributed by atoms with E-state index >= 15 is 0 Å². The van der Waals surface area contributed by atoms with Crippen molar-refractivity contribution >= 4 is 28.5 Å². The molecule has 2 aromatic carbocycles. The van der Waals surface area contributed by atoms with E-state index in [4.69, 9.17) is 0 Å². The number of hydrogen-bond acceptors (Lipinski definition) is 3. The fraction of sp³-hybridized carbons (Fsp3) is 0.150. The van der Waals surface area contributed by atoms with Crippen molar-refractivity contribution in [3.63, 3.8) is 0 Å². The van der Waals surface area contributed by atoms with E-state index in [1.54, 1.807) is 13.1 Å². The lowest BCUT2D eigenvalue weighted by Crippen LogP contribution is -1.98. The molecule has 0 spiro atoms. The maximum absolute atomic E-state index is 14.3. The zero-order valence-corrected chi connectivity index (χ0v) is 14.9. The van der Waals surface area contributed by atoms with E-state index in [0.29, 0.717) is 12.0 Å². The Bertz CT molecular complexity index is 954. The highest BCUT2D eigenvalue weighted by Crippen LogP contribution is 2.31. The van der Waals surface area contributed by atoms with E-state index in [1.165, 1.54) is 24.1 Å². The molecule has 2 nitrogen and oxygen atoms in total. The van der Waals surface area contributed by atoms with Gasteiger partial charge in [-0.2, -0.15) is 0 Å². The monoisotopic (exact) mass is 356 g/mol. The number of anilines is 1. The molecule has 0 aliphatic carbocycles. The second-order valence-electron chi connectivity index (χ2n) is 6.04. The maximum Gasteiger partial charge on any atom is 0.147 e. The number of nitrogens with one attached hydrogen (secondary N) is 1. The van der Waals surface area contributed by atoms with Crippen molar-refractivity contribution in [2.75, 3.05) is 4.72 Å². The predicted molar refractivity (Wildman–Crippen MR) is 101 cm³/mol. The van der Waals surface area contributed by atoms with Gasteiger partial charge in [-0.15, -0.1) is 0 Å². The van der Waals surface area contributed by atoms with Gasteiger partial charge in [0.1, 0.15) is 11.6 Å². The van der Waals surface area contributed by atoms with Crippen molar-refractivity contribution in [2.45, 2.75) is 25.2 Å². The molecule has 1 N–H and O–H groups in total. The first-order chi connectivity index (χ1) is 12.0. The highest BCUT2D eigenvalue weighted by Gasteiger charge is 2.12. The summed E-state index contributed by atoms with van der Waals surface area (Å²) in [4.78, 5) is 5.29.